The second-order valence-electron chi connectivity index (χ2n) is 6.40. The molecule has 4 nitrogen and oxygen atoms in total. The number of fused-ring (bicyclic) bond motifs is 1. The number of halogens is 2. The van der Waals surface area contributed by atoms with Crippen LogP contribution in [0.2, 0.25) is 0 Å². The number of hydrogen-bond acceptors (Lipinski definition) is 2. The van der Waals surface area contributed by atoms with E-state index in [1.807, 2.05) is 15.3 Å². The zero-order valence-corrected chi connectivity index (χ0v) is 15.3. The van der Waals surface area contributed by atoms with E-state index >= 15 is 0 Å². The van der Waals surface area contributed by atoms with Gasteiger partial charge in [0.25, 0.3) is 0 Å². The Kier molecular flexibility index (Phi) is 4.95. The second kappa shape index (κ2) is 6.61. The highest BCUT2D eigenvalue weighted by Crippen LogP contribution is 2.57. The van der Waals surface area contributed by atoms with Crippen LogP contribution in [0.5, 0.6) is 0 Å². The van der Waals surface area contributed by atoms with Gasteiger partial charge < -0.3 is 5.11 Å². The minimum atomic E-state index is -0.820. The smallest absolute Gasteiger partial charge is 0.108 e. The highest BCUT2D eigenvalue weighted by Gasteiger charge is 2.53. The standard InChI is InChI=1S/C16H21ClIN3O/c17-14-6-5-13(11-8-12(11)14)16(22)7-3-1-2-4-15(16)21(18)10-20-9-19/h5-6,9-12,15,19,22H,1-4,7-8H2. The molecule has 0 heterocycles. The van der Waals surface area contributed by atoms with Crippen molar-refractivity contribution in [1.29, 1.82) is 5.41 Å². The number of nitrogens with zero attached hydrogens (tertiary/aromatic N) is 2. The minimum Gasteiger partial charge on any atom is -0.383 e. The molecular weight excluding hydrogens is 413 g/mol. The fourth-order valence-electron chi connectivity index (χ4n) is 3.88. The number of aliphatic imine (C=N–C) groups is 1. The average Bonchev–Trinajstić information content (AvgIpc) is 3.30. The lowest BCUT2D eigenvalue weighted by Gasteiger charge is -2.41. The van der Waals surface area contributed by atoms with E-state index in [9.17, 15) is 5.11 Å². The molecule has 4 atom stereocenters. The van der Waals surface area contributed by atoms with Crippen molar-refractivity contribution in [3.8, 4) is 0 Å². The summed E-state index contributed by atoms with van der Waals surface area (Å²) in [7, 11) is 0. The zero-order valence-electron chi connectivity index (χ0n) is 12.4. The lowest BCUT2D eigenvalue weighted by atomic mass is 9.78. The van der Waals surface area contributed by atoms with Gasteiger partial charge in [-0.3, -0.25) is 8.52 Å². The number of rotatable bonds is 4. The van der Waals surface area contributed by atoms with E-state index in [2.05, 4.69) is 27.9 Å². The summed E-state index contributed by atoms with van der Waals surface area (Å²) in [5.74, 6) is 0.833. The summed E-state index contributed by atoms with van der Waals surface area (Å²) in [6, 6.07) is -0.00271. The van der Waals surface area contributed by atoms with Gasteiger partial charge in [0, 0.05) is 11.0 Å². The summed E-state index contributed by atoms with van der Waals surface area (Å²) < 4.78 is 1.95. The summed E-state index contributed by atoms with van der Waals surface area (Å²) in [4.78, 5) is 3.90. The first-order valence-corrected chi connectivity index (χ1v) is 9.18. The normalized spacial score (nSPS) is 37.9. The molecule has 0 amide bonds. The summed E-state index contributed by atoms with van der Waals surface area (Å²) in [6.07, 6.45) is 12.8. The van der Waals surface area contributed by atoms with Crippen LogP contribution in [0, 0.1) is 17.2 Å². The fourth-order valence-corrected chi connectivity index (χ4v) is 5.07. The molecule has 3 aliphatic carbocycles. The summed E-state index contributed by atoms with van der Waals surface area (Å²) >= 11 is 8.43. The van der Waals surface area contributed by atoms with Gasteiger partial charge in [0.15, 0.2) is 0 Å². The molecule has 0 aromatic heterocycles. The molecule has 2 fully saturated rings. The Hall–Kier alpha value is -0.400. The molecule has 0 aliphatic heterocycles. The van der Waals surface area contributed by atoms with Crippen molar-refractivity contribution in [2.24, 2.45) is 16.8 Å². The SMILES string of the molecule is N=CN=CN(I)C1CCCCCC1(O)C1=CC=C(Cl)C2CC12. The van der Waals surface area contributed by atoms with Crippen LogP contribution in [0.3, 0.4) is 0 Å². The van der Waals surface area contributed by atoms with Crippen LogP contribution in [0.15, 0.2) is 27.7 Å². The van der Waals surface area contributed by atoms with E-state index in [0.29, 0.717) is 11.8 Å². The zero-order chi connectivity index (χ0) is 15.7. The number of nitrogens with one attached hydrogen (secondary N) is 1. The van der Waals surface area contributed by atoms with Crippen molar-refractivity contribution in [2.75, 3.05) is 0 Å². The van der Waals surface area contributed by atoms with E-state index in [1.165, 1.54) is 0 Å². The molecular formula is C16H21ClIN3O. The van der Waals surface area contributed by atoms with Crippen molar-refractivity contribution in [3.05, 3.63) is 22.8 Å². The highest BCUT2D eigenvalue weighted by molar-refractivity contribution is 14.1. The van der Waals surface area contributed by atoms with Gasteiger partial charge in [-0.25, -0.2) is 4.99 Å². The first-order valence-electron chi connectivity index (χ1n) is 7.84. The van der Waals surface area contributed by atoms with Crippen LogP contribution in [0.1, 0.15) is 38.5 Å². The third-order valence-corrected chi connectivity index (χ3v) is 6.43. The Bertz CT molecular complexity index is 548. The Balaban J connectivity index is 1.92. The summed E-state index contributed by atoms with van der Waals surface area (Å²) in [5, 5.41) is 19.6. The Morgan fingerprint density at radius 2 is 2.18 bits per heavy atom. The van der Waals surface area contributed by atoms with E-state index in [-0.39, 0.29) is 6.04 Å². The van der Waals surface area contributed by atoms with Crippen molar-refractivity contribution in [2.45, 2.75) is 50.2 Å². The van der Waals surface area contributed by atoms with Gasteiger partial charge >= 0.3 is 0 Å². The molecule has 6 heteroatoms. The molecule has 0 aromatic rings. The van der Waals surface area contributed by atoms with Gasteiger partial charge in [-0.1, -0.05) is 36.9 Å². The maximum absolute atomic E-state index is 11.6. The quantitative estimate of drug-likeness (QED) is 0.231. The summed E-state index contributed by atoms with van der Waals surface area (Å²) in [5.41, 5.74) is 0.331. The monoisotopic (exact) mass is 433 g/mol. The Morgan fingerprint density at radius 3 is 2.95 bits per heavy atom. The Labute approximate surface area is 150 Å². The maximum Gasteiger partial charge on any atom is 0.108 e. The third-order valence-electron chi connectivity index (χ3n) is 5.10. The molecule has 4 unspecified atom stereocenters. The predicted molar refractivity (Wildman–Crippen MR) is 98.6 cm³/mol. The van der Waals surface area contributed by atoms with Crippen molar-refractivity contribution < 1.29 is 5.11 Å². The van der Waals surface area contributed by atoms with Crippen molar-refractivity contribution in [1.82, 2.24) is 3.11 Å². The molecule has 0 radical (unpaired) electrons. The lowest BCUT2D eigenvalue weighted by molar-refractivity contribution is 0.0183. The Morgan fingerprint density at radius 1 is 1.36 bits per heavy atom. The molecule has 3 rings (SSSR count). The van der Waals surface area contributed by atoms with E-state index in [4.69, 9.17) is 17.0 Å². The van der Waals surface area contributed by atoms with Crippen LogP contribution in [0.4, 0.5) is 0 Å². The van der Waals surface area contributed by atoms with Crippen LogP contribution >= 0.6 is 34.5 Å². The van der Waals surface area contributed by atoms with E-state index in [1.54, 1.807) is 6.34 Å². The molecule has 3 aliphatic rings. The number of allylic oxidation sites excluding steroid dienone is 3. The maximum atomic E-state index is 11.6. The van der Waals surface area contributed by atoms with Crippen LogP contribution < -0.4 is 0 Å². The van der Waals surface area contributed by atoms with Crippen LogP contribution in [-0.4, -0.2) is 32.5 Å². The highest BCUT2D eigenvalue weighted by atomic mass is 127. The topological polar surface area (TPSA) is 59.7 Å². The molecule has 0 bridgehead atoms. The molecule has 120 valence electrons. The van der Waals surface area contributed by atoms with E-state index < -0.39 is 5.60 Å². The molecule has 0 aromatic carbocycles. The molecule has 2 N–H and O–H groups in total. The van der Waals surface area contributed by atoms with Gasteiger partial charge in [-0.2, -0.15) is 0 Å². The largest absolute Gasteiger partial charge is 0.383 e. The van der Waals surface area contributed by atoms with Crippen LogP contribution in [-0.2, 0) is 0 Å². The average molecular weight is 434 g/mol. The van der Waals surface area contributed by atoms with E-state index in [0.717, 1.165) is 55.5 Å². The first kappa shape index (κ1) is 16.5. The molecule has 0 saturated heterocycles. The minimum absolute atomic E-state index is 0.00271. The van der Waals surface area contributed by atoms with Crippen molar-refractivity contribution in [3.63, 3.8) is 0 Å². The molecule has 0 spiro atoms. The van der Waals surface area contributed by atoms with Crippen LogP contribution in [0.25, 0.3) is 0 Å². The van der Waals surface area contributed by atoms with Gasteiger partial charge in [0.05, 0.1) is 28.9 Å². The first-order chi connectivity index (χ1) is 10.6. The number of aliphatic hydroxyl groups is 1. The summed E-state index contributed by atoms with van der Waals surface area (Å²) in [6.45, 7) is 0. The van der Waals surface area contributed by atoms with Gasteiger partial charge in [0.1, 0.15) is 18.3 Å². The number of hydrogen-bond donors (Lipinski definition) is 2. The molecule has 22 heavy (non-hydrogen) atoms. The van der Waals surface area contributed by atoms with Gasteiger partial charge in [0.2, 0.25) is 0 Å². The van der Waals surface area contributed by atoms with Gasteiger partial charge in [-0.15, -0.1) is 0 Å². The fraction of sp³-hybridized carbons (Fsp3) is 0.625. The van der Waals surface area contributed by atoms with Gasteiger partial charge in [-0.05, 0) is 36.8 Å². The van der Waals surface area contributed by atoms with Crippen molar-refractivity contribution >= 4 is 47.1 Å². The second-order valence-corrected chi connectivity index (χ2v) is 7.95. The third kappa shape index (κ3) is 2.99. The lowest BCUT2D eigenvalue weighted by Crippen LogP contribution is -2.50. The predicted octanol–water partition coefficient (Wildman–Crippen LogP) is 4.04. The molecule has 2 saturated carbocycles.